The molecule has 1 amide bonds. The standard InChI is InChI=1S/C14H14N2O4/c1-19-14(18)12(9-11-7-8-20-16-11)15-13(17)10-5-3-2-4-6-10/h2-8,12H,9H2,1H3,(H,15,17)/t12-/m0/s1. The highest BCUT2D eigenvalue weighted by molar-refractivity contribution is 5.96. The van der Waals surface area contributed by atoms with E-state index < -0.39 is 12.0 Å². The molecule has 0 unspecified atom stereocenters. The Morgan fingerprint density at radius 1 is 1.30 bits per heavy atom. The molecule has 104 valence electrons. The Hall–Kier alpha value is -2.63. The van der Waals surface area contributed by atoms with E-state index in [4.69, 9.17) is 4.52 Å². The summed E-state index contributed by atoms with van der Waals surface area (Å²) < 4.78 is 9.39. The maximum absolute atomic E-state index is 12.0. The number of carbonyl (C=O) groups is 2. The molecule has 0 bridgehead atoms. The number of nitrogens with zero attached hydrogens (tertiary/aromatic N) is 1. The van der Waals surface area contributed by atoms with Crippen molar-refractivity contribution in [2.75, 3.05) is 7.11 Å². The predicted molar refractivity (Wildman–Crippen MR) is 69.9 cm³/mol. The van der Waals surface area contributed by atoms with Crippen LogP contribution in [0.15, 0.2) is 47.2 Å². The van der Waals surface area contributed by atoms with Crippen LogP contribution in [0.5, 0.6) is 0 Å². The zero-order valence-corrected chi connectivity index (χ0v) is 10.9. The van der Waals surface area contributed by atoms with Gasteiger partial charge in [-0.3, -0.25) is 4.79 Å². The van der Waals surface area contributed by atoms with Crippen molar-refractivity contribution in [3.63, 3.8) is 0 Å². The van der Waals surface area contributed by atoms with Crippen molar-refractivity contribution < 1.29 is 18.8 Å². The fraction of sp³-hybridized carbons (Fsp3) is 0.214. The molecular weight excluding hydrogens is 260 g/mol. The first-order valence-corrected chi connectivity index (χ1v) is 6.03. The van der Waals surface area contributed by atoms with Crippen molar-refractivity contribution in [3.8, 4) is 0 Å². The van der Waals surface area contributed by atoms with Crippen LogP contribution in [0.3, 0.4) is 0 Å². The molecule has 6 heteroatoms. The highest BCUT2D eigenvalue weighted by Gasteiger charge is 2.23. The summed E-state index contributed by atoms with van der Waals surface area (Å²) in [6.45, 7) is 0. The summed E-state index contributed by atoms with van der Waals surface area (Å²) >= 11 is 0. The number of hydrogen-bond donors (Lipinski definition) is 1. The zero-order valence-electron chi connectivity index (χ0n) is 10.9. The molecule has 2 aromatic rings. The van der Waals surface area contributed by atoms with Crippen molar-refractivity contribution in [2.45, 2.75) is 12.5 Å². The highest BCUT2D eigenvalue weighted by atomic mass is 16.5. The number of rotatable bonds is 5. The van der Waals surface area contributed by atoms with Crippen LogP contribution in [0.1, 0.15) is 16.1 Å². The van der Waals surface area contributed by atoms with Gasteiger partial charge < -0.3 is 14.6 Å². The summed E-state index contributed by atoms with van der Waals surface area (Å²) in [4.78, 5) is 23.8. The summed E-state index contributed by atoms with van der Waals surface area (Å²) in [5, 5.41) is 6.35. The Labute approximate surface area is 115 Å². The van der Waals surface area contributed by atoms with Crippen LogP contribution >= 0.6 is 0 Å². The fourth-order valence-corrected chi connectivity index (χ4v) is 1.72. The minimum absolute atomic E-state index is 0.210. The molecule has 6 nitrogen and oxygen atoms in total. The monoisotopic (exact) mass is 274 g/mol. The second kappa shape index (κ2) is 6.51. The topological polar surface area (TPSA) is 81.4 Å². The lowest BCUT2D eigenvalue weighted by molar-refractivity contribution is -0.142. The van der Waals surface area contributed by atoms with Crippen LogP contribution < -0.4 is 5.32 Å². The first-order chi connectivity index (χ1) is 9.70. The van der Waals surface area contributed by atoms with Crippen LogP contribution in [0, 0.1) is 0 Å². The molecule has 1 N–H and O–H groups in total. The van der Waals surface area contributed by atoms with Crippen molar-refractivity contribution >= 4 is 11.9 Å². The second-order valence-corrected chi connectivity index (χ2v) is 4.11. The Morgan fingerprint density at radius 2 is 2.05 bits per heavy atom. The Balaban J connectivity index is 2.08. The number of methoxy groups -OCH3 is 1. The Kier molecular flexibility index (Phi) is 4.49. The summed E-state index contributed by atoms with van der Waals surface area (Å²) in [7, 11) is 1.27. The lowest BCUT2D eigenvalue weighted by Crippen LogP contribution is -2.43. The Morgan fingerprint density at radius 3 is 2.65 bits per heavy atom. The van der Waals surface area contributed by atoms with Crippen LogP contribution in [-0.4, -0.2) is 30.2 Å². The number of esters is 1. The summed E-state index contributed by atoms with van der Waals surface area (Å²) in [5.74, 6) is -0.873. The number of hydrogen-bond acceptors (Lipinski definition) is 5. The molecule has 0 aliphatic rings. The molecule has 1 heterocycles. The predicted octanol–water partition coefficient (Wildman–Crippen LogP) is 1.19. The van der Waals surface area contributed by atoms with Gasteiger partial charge in [0.1, 0.15) is 12.3 Å². The van der Waals surface area contributed by atoms with Gasteiger partial charge in [-0.05, 0) is 12.1 Å². The second-order valence-electron chi connectivity index (χ2n) is 4.11. The zero-order chi connectivity index (χ0) is 14.4. The van der Waals surface area contributed by atoms with E-state index >= 15 is 0 Å². The smallest absolute Gasteiger partial charge is 0.328 e. The van der Waals surface area contributed by atoms with Gasteiger partial charge in [0.2, 0.25) is 0 Å². The quantitative estimate of drug-likeness (QED) is 0.828. The van der Waals surface area contributed by atoms with E-state index in [0.29, 0.717) is 11.3 Å². The van der Waals surface area contributed by atoms with Crippen LogP contribution in [0.4, 0.5) is 0 Å². The van der Waals surface area contributed by atoms with Crippen LogP contribution in [0.25, 0.3) is 0 Å². The molecule has 1 aromatic carbocycles. The van der Waals surface area contributed by atoms with E-state index in [9.17, 15) is 9.59 Å². The average molecular weight is 274 g/mol. The molecule has 0 spiro atoms. The highest BCUT2D eigenvalue weighted by Crippen LogP contribution is 2.04. The van der Waals surface area contributed by atoms with Crippen molar-refractivity contribution in [1.29, 1.82) is 0 Å². The molecule has 20 heavy (non-hydrogen) atoms. The van der Waals surface area contributed by atoms with Gasteiger partial charge in [0.05, 0.1) is 12.8 Å². The third kappa shape index (κ3) is 3.44. The van der Waals surface area contributed by atoms with Gasteiger partial charge >= 0.3 is 5.97 Å². The maximum atomic E-state index is 12.0. The Bertz CT molecular complexity index is 566. The maximum Gasteiger partial charge on any atom is 0.328 e. The minimum Gasteiger partial charge on any atom is -0.467 e. The number of ether oxygens (including phenoxy) is 1. The van der Waals surface area contributed by atoms with Gasteiger partial charge in [-0.25, -0.2) is 4.79 Å². The van der Waals surface area contributed by atoms with Crippen LogP contribution in [0.2, 0.25) is 0 Å². The number of nitrogens with one attached hydrogen (secondary N) is 1. The van der Waals surface area contributed by atoms with Gasteiger partial charge in [0, 0.05) is 18.1 Å². The molecule has 0 fully saturated rings. The number of aromatic nitrogens is 1. The third-order valence-corrected chi connectivity index (χ3v) is 2.73. The lowest BCUT2D eigenvalue weighted by atomic mass is 10.1. The molecule has 1 atom stereocenters. The lowest BCUT2D eigenvalue weighted by Gasteiger charge is -2.15. The van der Waals surface area contributed by atoms with E-state index in [0.717, 1.165) is 0 Å². The first kappa shape index (κ1) is 13.8. The summed E-state index contributed by atoms with van der Waals surface area (Å²) in [6.07, 6.45) is 1.62. The fourth-order valence-electron chi connectivity index (χ4n) is 1.72. The molecule has 1 aromatic heterocycles. The number of carbonyl (C=O) groups excluding carboxylic acids is 2. The summed E-state index contributed by atoms with van der Waals surface area (Å²) in [5.41, 5.74) is 1.04. The number of amides is 1. The van der Waals surface area contributed by atoms with E-state index in [1.165, 1.54) is 13.4 Å². The average Bonchev–Trinajstić information content (AvgIpc) is 2.99. The molecule has 0 saturated carbocycles. The van der Waals surface area contributed by atoms with E-state index in [1.54, 1.807) is 30.3 Å². The normalized spacial score (nSPS) is 11.7. The van der Waals surface area contributed by atoms with Gasteiger partial charge in [0.15, 0.2) is 0 Å². The molecule has 0 saturated heterocycles. The van der Waals surface area contributed by atoms with Crippen molar-refractivity contribution in [3.05, 3.63) is 53.9 Å². The SMILES string of the molecule is COC(=O)[C@H](Cc1ccon1)NC(=O)c1ccccc1. The van der Waals surface area contributed by atoms with Gasteiger partial charge in [0.25, 0.3) is 5.91 Å². The first-order valence-electron chi connectivity index (χ1n) is 6.03. The largest absolute Gasteiger partial charge is 0.467 e. The molecular formula is C14H14N2O4. The van der Waals surface area contributed by atoms with Gasteiger partial charge in [-0.2, -0.15) is 0 Å². The third-order valence-electron chi connectivity index (χ3n) is 2.73. The van der Waals surface area contributed by atoms with Crippen molar-refractivity contribution in [2.24, 2.45) is 0 Å². The van der Waals surface area contributed by atoms with E-state index in [-0.39, 0.29) is 12.3 Å². The van der Waals surface area contributed by atoms with Crippen LogP contribution in [-0.2, 0) is 16.0 Å². The molecule has 0 aliphatic heterocycles. The van der Waals surface area contributed by atoms with Gasteiger partial charge in [-0.15, -0.1) is 0 Å². The van der Waals surface area contributed by atoms with Gasteiger partial charge in [-0.1, -0.05) is 23.4 Å². The minimum atomic E-state index is -0.808. The summed E-state index contributed by atoms with van der Waals surface area (Å²) in [6, 6.07) is 9.46. The molecule has 0 aliphatic carbocycles. The van der Waals surface area contributed by atoms with E-state index in [1.807, 2.05) is 6.07 Å². The molecule has 2 rings (SSSR count). The number of benzene rings is 1. The van der Waals surface area contributed by atoms with Crippen molar-refractivity contribution in [1.82, 2.24) is 10.5 Å². The molecule has 0 radical (unpaired) electrons. The van der Waals surface area contributed by atoms with E-state index in [2.05, 4.69) is 15.2 Å².